The Morgan fingerprint density at radius 3 is 2.40 bits per heavy atom. The molecule has 0 unspecified atom stereocenters. The van der Waals surface area contributed by atoms with Crippen molar-refractivity contribution in [3.8, 4) is 0 Å². The molecule has 2 heterocycles. The van der Waals surface area contributed by atoms with Crippen LogP contribution in [0.1, 0.15) is 32.6 Å². The zero-order valence-electron chi connectivity index (χ0n) is 12.9. The summed E-state index contributed by atoms with van der Waals surface area (Å²) < 4.78 is 5.37. The van der Waals surface area contributed by atoms with Gasteiger partial charge in [0.2, 0.25) is 0 Å². The minimum atomic E-state index is 0.554. The Hall–Kier alpha value is -0.810. The summed E-state index contributed by atoms with van der Waals surface area (Å²) in [4.78, 5) is 9.34. The van der Waals surface area contributed by atoms with E-state index in [4.69, 9.17) is 10.5 Å². The van der Waals surface area contributed by atoms with Crippen LogP contribution in [0.15, 0.2) is 4.99 Å². The number of aliphatic imine (C=N–C) groups is 1. The van der Waals surface area contributed by atoms with Crippen LogP contribution in [0.4, 0.5) is 0 Å². The maximum Gasteiger partial charge on any atom is 0.191 e. The van der Waals surface area contributed by atoms with E-state index in [-0.39, 0.29) is 0 Å². The predicted molar refractivity (Wildman–Crippen MR) is 83.0 cm³/mol. The fraction of sp³-hybridized carbons (Fsp3) is 0.933. The summed E-state index contributed by atoms with van der Waals surface area (Å²) in [6, 6.07) is 0. The van der Waals surface area contributed by atoms with Crippen molar-refractivity contribution in [1.29, 1.82) is 0 Å². The van der Waals surface area contributed by atoms with Crippen LogP contribution in [0, 0.1) is 5.92 Å². The molecular weight excluding hydrogens is 252 g/mol. The first kappa shape index (κ1) is 15.6. The molecule has 116 valence electrons. The lowest BCUT2D eigenvalue weighted by Gasteiger charge is -2.29. The lowest BCUT2D eigenvalue weighted by molar-refractivity contribution is 0.0323. The van der Waals surface area contributed by atoms with E-state index >= 15 is 0 Å². The van der Waals surface area contributed by atoms with Gasteiger partial charge in [0.1, 0.15) is 0 Å². The minimum Gasteiger partial charge on any atom is -0.379 e. The average molecular weight is 282 g/mol. The number of nitrogens with two attached hydrogens (primary N) is 1. The third-order valence-corrected chi connectivity index (χ3v) is 4.17. The van der Waals surface area contributed by atoms with Crippen molar-refractivity contribution >= 4 is 5.96 Å². The van der Waals surface area contributed by atoms with Crippen LogP contribution in [-0.4, -0.2) is 68.2 Å². The SMILES string of the molecule is C[C@@H](CN=C(N)N1CCCCCC1)CN1CCOCC1. The molecule has 0 aliphatic carbocycles. The molecule has 2 N–H and O–H groups in total. The summed E-state index contributed by atoms with van der Waals surface area (Å²) in [6.07, 6.45) is 5.16. The van der Waals surface area contributed by atoms with Gasteiger partial charge in [-0.25, -0.2) is 0 Å². The molecule has 2 aliphatic rings. The van der Waals surface area contributed by atoms with Crippen LogP contribution in [0.25, 0.3) is 0 Å². The third kappa shape index (κ3) is 5.29. The first-order chi connectivity index (χ1) is 9.75. The Morgan fingerprint density at radius 2 is 1.75 bits per heavy atom. The van der Waals surface area contributed by atoms with Crippen molar-refractivity contribution in [1.82, 2.24) is 9.80 Å². The van der Waals surface area contributed by atoms with E-state index in [0.717, 1.165) is 58.4 Å². The van der Waals surface area contributed by atoms with Gasteiger partial charge in [0.25, 0.3) is 0 Å². The van der Waals surface area contributed by atoms with Crippen LogP contribution < -0.4 is 5.73 Å². The molecule has 20 heavy (non-hydrogen) atoms. The minimum absolute atomic E-state index is 0.554. The number of likely N-dealkylation sites (tertiary alicyclic amines) is 1. The van der Waals surface area contributed by atoms with Gasteiger partial charge in [-0.05, 0) is 18.8 Å². The summed E-state index contributed by atoms with van der Waals surface area (Å²) in [5.74, 6) is 1.30. The van der Waals surface area contributed by atoms with E-state index in [2.05, 4.69) is 21.7 Å². The highest BCUT2D eigenvalue weighted by atomic mass is 16.5. The zero-order valence-corrected chi connectivity index (χ0v) is 12.9. The molecule has 2 rings (SSSR count). The van der Waals surface area contributed by atoms with Crippen molar-refractivity contribution in [3.63, 3.8) is 0 Å². The van der Waals surface area contributed by atoms with Crippen LogP contribution in [0.5, 0.6) is 0 Å². The molecule has 0 amide bonds. The fourth-order valence-corrected chi connectivity index (χ4v) is 2.93. The maximum atomic E-state index is 6.14. The quantitative estimate of drug-likeness (QED) is 0.621. The molecule has 0 saturated carbocycles. The van der Waals surface area contributed by atoms with E-state index < -0.39 is 0 Å². The number of morpholine rings is 1. The molecule has 5 heteroatoms. The smallest absolute Gasteiger partial charge is 0.191 e. The number of ether oxygens (including phenoxy) is 1. The summed E-state index contributed by atoms with van der Waals surface area (Å²) >= 11 is 0. The Kier molecular flexibility index (Phi) is 6.60. The highest BCUT2D eigenvalue weighted by Gasteiger charge is 2.14. The molecule has 2 fully saturated rings. The highest BCUT2D eigenvalue weighted by Crippen LogP contribution is 2.09. The third-order valence-electron chi connectivity index (χ3n) is 4.17. The van der Waals surface area contributed by atoms with E-state index in [9.17, 15) is 0 Å². The fourth-order valence-electron chi connectivity index (χ4n) is 2.93. The summed E-state index contributed by atoms with van der Waals surface area (Å²) in [7, 11) is 0. The summed E-state index contributed by atoms with van der Waals surface area (Å²) in [5.41, 5.74) is 6.14. The Balaban J connectivity index is 1.72. The molecule has 1 atom stereocenters. The van der Waals surface area contributed by atoms with Crippen molar-refractivity contribution in [2.24, 2.45) is 16.6 Å². The van der Waals surface area contributed by atoms with Gasteiger partial charge >= 0.3 is 0 Å². The number of hydrogen-bond acceptors (Lipinski definition) is 3. The van der Waals surface area contributed by atoms with Crippen molar-refractivity contribution in [2.45, 2.75) is 32.6 Å². The molecule has 0 aromatic carbocycles. The average Bonchev–Trinajstić information content (AvgIpc) is 2.75. The largest absolute Gasteiger partial charge is 0.379 e. The normalized spacial score (nSPS) is 24.4. The molecular formula is C15H30N4O. The zero-order chi connectivity index (χ0) is 14.2. The predicted octanol–water partition coefficient (Wildman–Crippen LogP) is 1.15. The first-order valence-electron chi connectivity index (χ1n) is 8.10. The number of hydrogen-bond donors (Lipinski definition) is 1. The summed E-state index contributed by atoms with van der Waals surface area (Å²) in [6.45, 7) is 10.2. The first-order valence-corrected chi connectivity index (χ1v) is 8.10. The van der Waals surface area contributed by atoms with Gasteiger partial charge in [-0.2, -0.15) is 0 Å². The van der Waals surface area contributed by atoms with Gasteiger partial charge in [-0.1, -0.05) is 19.8 Å². The van der Waals surface area contributed by atoms with Crippen LogP contribution in [-0.2, 0) is 4.74 Å². The molecule has 2 saturated heterocycles. The monoisotopic (exact) mass is 282 g/mol. The van der Waals surface area contributed by atoms with Gasteiger partial charge in [0, 0.05) is 39.3 Å². The lowest BCUT2D eigenvalue weighted by Crippen LogP contribution is -2.40. The molecule has 0 aromatic rings. The summed E-state index contributed by atoms with van der Waals surface area (Å²) in [5, 5.41) is 0. The standard InChI is InChI=1S/C15H30N4O/c1-14(13-18-8-10-20-11-9-18)12-17-15(16)19-6-4-2-3-5-7-19/h14H,2-13H2,1H3,(H2,16,17)/t14-/m0/s1. The van der Waals surface area contributed by atoms with E-state index in [1.807, 2.05) is 0 Å². The van der Waals surface area contributed by atoms with Crippen molar-refractivity contribution < 1.29 is 4.74 Å². The van der Waals surface area contributed by atoms with Crippen LogP contribution >= 0.6 is 0 Å². The Bertz CT molecular complexity index is 294. The maximum absolute atomic E-state index is 6.14. The van der Waals surface area contributed by atoms with E-state index in [0.29, 0.717) is 5.92 Å². The second kappa shape index (κ2) is 8.47. The molecule has 0 bridgehead atoms. The second-order valence-electron chi connectivity index (χ2n) is 6.12. The van der Waals surface area contributed by atoms with E-state index in [1.165, 1.54) is 25.7 Å². The number of nitrogens with zero attached hydrogens (tertiary/aromatic N) is 3. The molecule has 2 aliphatic heterocycles. The van der Waals surface area contributed by atoms with Crippen molar-refractivity contribution in [3.05, 3.63) is 0 Å². The van der Waals surface area contributed by atoms with E-state index in [1.54, 1.807) is 0 Å². The molecule has 0 spiro atoms. The van der Waals surface area contributed by atoms with Crippen LogP contribution in [0.2, 0.25) is 0 Å². The Labute approximate surface area is 123 Å². The number of guanidine groups is 1. The van der Waals surface area contributed by atoms with Gasteiger partial charge in [0.15, 0.2) is 5.96 Å². The molecule has 5 nitrogen and oxygen atoms in total. The molecule has 0 radical (unpaired) electrons. The van der Waals surface area contributed by atoms with Gasteiger partial charge < -0.3 is 15.4 Å². The second-order valence-corrected chi connectivity index (χ2v) is 6.12. The number of rotatable bonds is 4. The highest BCUT2D eigenvalue weighted by molar-refractivity contribution is 5.78. The van der Waals surface area contributed by atoms with Crippen molar-refractivity contribution in [2.75, 3.05) is 52.5 Å². The topological polar surface area (TPSA) is 54.1 Å². The lowest BCUT2D eigenvalue weighted by atomic mass is 10.1. The van der Waals surface area contributed by atoms with Crippen LogP contribution in [0.3, 0.4) is 0 Å². The van der Waals surface area contributed by atoms with Gasteiger partial charge in [0.05, 0.1) is 13.2 Å². The Morgan fingerprint density at radius 1 is 1.10 bits per heavy atom. The van der Waals surface area contributed by atoms with Gasteiger partial charge in [-0.15, -0.1) is 0 Å². The molecule has 0 aromatic heterocycles. The van der Waals surface area contributed by atoms with Gasteiger partial charge in [-0.3, -0.25) is 9.89 Å².